The number of imidazole rings is 1. The Balaban J connectivity index is 1.67. The van der Waals surface area contributed by atoms with Crippen LogP contribution in [0.2, 0.25) is 0 Å². The van der Waals surface area contributed by atoms with E-state index in [-0.39, 0.29) is 5.91 Å². The number of carbonyl (C=O) groups excluding carboxylic acids is 1. The molecule has 2 heterocycles. The molecule has 0 aliphatic heterocycles. The van der Waals surface area contributed by atoms with Gasteiger partial charge in [0, 0.05) is 25.5 Å². The van der Waals surface area contributed by atoms with Gasteiger partial charge in [0.25, 0.3) is 5.91 Å². The summed E-state index contributed by atoms with van der Waals surface area (Å²) >= 11 is 0. The number of aryl methyl sites for hydroxylation is 1. The van der Waals surface area contributed by atoms with Gasteiger partial charge in [-0.25, -0.2) is 4.98 Å². The van der Waals surface area contributed by atoms with Crippen molar-refractivity contribution in [2.24, 2.45) is 0 Å². The summed E-state index contributed by atoms with van der Waals surface area (Å²) < 4.78 is 6.80. The van der Waals surface area contributed by atoms with E-state index >= 15 is 0 Å². The Hall–Kier alpha value is -2.04. The van der Waals surface area contributed by atoms with Crippen molar-refractivity contribution in [1.82, 2.24) is 14.9 Å². The summed E-state index contributed by atoms with van der Waals surface area (Å²) in [6, 6.07) is 1.64. The Kier molecular flexibility index (Phi) is 3.38. The average Bonchev–Trinajstić information content (AvgIpc) is 2.96. The zero-order chi connectivity index (χ0) is 11.2. The molecular weight excluding hydrogens is 206 g/mol. The molecule has 2 aromatic heterocycles. The lowest BCUT2D eigenvalue weighted by Crippen LogP contribution is -2.24. The largest absolute Gasteiger partial charge is 0.472 e. The molecule has 84 valence electrons. The van der Waals surface area contributed by atoms with E-state index in [9.17, 15) is 4.79 Å². The van der Waals surface area contributed by atoms with Crippen LogP contribution in [0.5, 0.6) is 0 Å². The molecule has 1 amide bonds. The summed E-state index contributed by atoms with van der Waals surface area (Å²) in [5.74, 6) is -0.0978. The number of carbonyl (C=O) groups is 1. The number of furan rings is 1. The van der Waals surface area contributed by atoms with Crippen LogP contribution in [0, 0.1) is 0 Å². The second-order valence-corrected chi connectivity index (χ2v) is 3.42. The topological polar surface area (TPSA) is 60.1 Å². The third-order valence-corrected chi connectivity index (χ3v) is 2.22. The number of nitrogens with zero attached hydrogens (tertiary/aromatic N) is 2. The molecule has 1 N–H and O–H groups in total. The smallest absolute Gasteiger partial charge is 0.254 e. The Morgan fingerprint density at radius 1 is 1.56 bits per heavy atom. The summed E-state index contributed by atoms with van der Waals surface area (Å²) in [4.78, 5) is 15.4. The normalized spacial score (nSPS) is 10.2. The standard InChI is InChI=1S/C11H13N3O2/c15-11(10-2-7-16-8-10)13-3-1-5-14-6-4-12-9-14/h2,4,6-9H,1,3,5H2,(H,13,15). The lowest BCUT2D eigenvalue weighted by Gasteiger charge is -2.03. The fourth-order valence-electron chi connectivity index (χ4n) is 1.38. The van der Waals surface area contributed by atoms with Gasteiger partial charge in [-0.3, -0.25) is 4.79 Å². The number of hydrogen-bond donors (Lipinski definition) is 1. The Morgan fingerprint density at radius 2 is 2.50 bits per heavy atom. The lowest BCUT2D eigenvalue weighted by molar-refractivity contribution is 0.0952. The van der Waals surface area contributed by atoms with E-state index in [0.717, 1.165) is 13.0 Å². The summed E-state index contributed by atoms with van der Waals surface area (Å²) in [5.41, 5.74) is 0.558. The first-order valence-corrected chi connectivity index (χ1v) is 5.12. The molecule has 0 unspecified atom stereocenters. The maximum absolute atomic E-state index is 11.5. The summed E-state index contributed by atoms with van der Waals surface area (Å²) in [7, 11) is 0. The summed E-state index contributed by atoms with van der Waals surface area (Å²) in [5, 5.41) is 2.81. The van der Waals surface area contributed by atoms with Gasteiger partial charge in [0.15, 0.2) is 0 Å². The molecule has 0 aliphatic rings. The quantitative estimate of drug-likeness (QED) is 0.771. The number of rotatable bonds is 5. The van der Waals surface area contributed by atoms with Gasteiger partial charge in [0.05, 0.1) is 18.2 Å². The maximum Gasteiger partial charge on any atom is 0.254 e. The number of hydrogen-bond acceptors (Lipinski definition) is 3. The molecule has 0 fully saturated rings. The van der Waals surface area contributed by atoms with Crippen molar-refractivity contribution in [1.29, 1.82) is 0 Å². The Labute approximate surface area is 93.1 Å². The van der Waals surface area contributed by atoms with E-state index < -0.39 is 0 Å². The van der Waals surface area contributed by atoms with Crippen molar-refractivity contribution in [3.8, 4) is 0 Å². The number of aromatic nitrogens is 2. The van der Waals surface area contributed by atoms with Gasteiger partial charge in [0.2, 0.25) is 0 Å². The highest BCUT2D eigenvalue weighted by molar-refractivity contribution is 5.93. The van der Waals surface area contributed by atoms with Crippen molar-refractivity contribution >= 4 is 5.91 Å². The van der Waals surface area contributed by atoms with Gasteiger partial charge in [-0.2, -0.15) is 0 Å². The zero-order valence-corrected chi connectivity index (χ0v) is 8.80. The van der Waals surface area contributed by atoms with E-state index in [2.05, 4.69) is 10.3 Å². The highest BCUT2D eigenvalue weighted by atomic mass is 16.3. The molecule has 0 spiro atoms. The van der Waals surface area contributed by atoms with Crippen molar-refractivity contribution in [3.05, 3.63) is 42.9 Å². The van der Waals surface area contributed by atoms with E-state index in [4.69, 9.17) is 4.42 Å². The second-order valence-electron chi connectivity index (χ2n) is 3.42. The van der Waals surface area contributed by atoms with E-state index in [1.165, 1.54) is 12.5 Å². The van der Waals surface area contributed by atoms with Crippen molar-refractivity contribution < 1.29 is 9.21 Å². The van der Waals surface area contributed by atoms with Crippen molar-refractivity contribution in [3.63, 3.8) is 0 Å². The Morgan fingerprint density at radius 3 is 3.19 bits per heavy atom. The van der Waals surface area contributed by atoms with Gasteiger partial charge in [-0.1, -0.05) is 0 Å². The van der Waals surface area contributed by atoms with Crippen molar-refractivity contribution in [2.75, 3.05) is 6.54 Å². The van der Waals surface area contributed by atoms with Gasteiger partial charge in [-0.15, -0.1) is 0 Å². The molecule has 0 aliphatic carbocycles. The van der Waals surface area contributed by atoms with Crippen LogP contribution in [0.1, 0.15) is 16.8 Å². The highest BCUT2D eigenvalue weighted by Gasteiger charge is 2.04. The SMILES string of the molecule is O=C(NCCCn1ccnc1)c1ccoc1. The van der Waals surface area contributed by atoms with Crippen LogP contribution in [0.3, 0.4) is 0 Å². The molecule has 5 heteroatoms. The van der Waals surface area contributed by atoms with Gasteiger partial charge >= 0.3 is 0 Å². The summed E-state index contributed by atoms with van der Waals surface area (Å²) in [6.45, 7) is 1.49. The predicted octanol–water partition coefficient (Wildman–Crippen LogP) is 1.30. The molecule has 2 aromatic rings. The van der Waals surface area contributed by atoms with E-state index in [1.807, 2.05) is 10.8 Å². The van der Waals surface area contributed by atoms with Gasteiger partial charge in [-0.05, 0) is 12.5 Å². The molecule has 0 radical (unpaired) electrons. The molecule has 0 saturated heterocycles. The fraction of sp³-hybridized carbons (Fsp3) is 0.273. The van der Waals surface area contributed by atoms with E-state index in [0.29, 0.717) is 12.1 Å². The minimum Gasteiger partial charge on any atom is -0.472 e. The van der Waals surface area contributed by atoms with Crippen LogP contribution in [0.15, 0.2) is 41.7 Å². The number of amides is 1. The van der Waals surface area contributed by atoms with E-state index in [1.54, 1.807) is 18.6 Å². The zero-order valence-electron chi connectivity index (χ0n) is 8.80. The van der Waals surface area contributed by atoms with Crippen LogP contribution < -0.4 is 5.32 Å². The van der Waals surface area contributed by atoms with Gasteiger partial charge in [0.1, 0.15) is 6.26 Å². The monoisotopic (exact) mass is 219 g/mol. The van der Waals surface area contributed by atoms with Crippen LogP contribution in [-0.2, 0) is 6.54 Å². The number of nitrogens with one attached hydrogen (secondary N) is 1. The Bertz CT molecular complexity index is 420. The highest BCUT2D eigenvalue weighted by Crippen LogP contribution is 1.99. The van der Waals surface area contributed by atoms with Crippen LogP contribution in [-0.4, -0.2) is 22.0 Å². The second kappa shape index (κ2) is 5.16. The molecule has 5 nitrogen and oxygen atoms in total. The molecule has 0 bridgehead atoms. The fourth-order valence-corrected chi connectivity index (χ4v) is 1.38. The first kappa shape index (κ1) is 10.5. The summed E-state index contributed by atoms with van der Waals surface area (Å²) in [6.07, 6.45) is 9.20. The van der Waals surface area contributed by atoms with Crippen LogP contribution in [0.25, 0.3) is 0 Å². The average molecular weight is 219 g/mol. The minimum absolute atomic E-state index is 0.0978. The molecule has 16 heavy (non-hydrogen) atoms. The molecular formula is C11H13N3O2. The van der Waals surface area contributed by atoms with Crippen LogP contribution >= 0.6 is 0 Å². The molecule has 0 saturated carbocycles. The first-order valence-electron chi connectivity index (χ1n) is 5.12. The predicted molar refractivity (Wildman–Crippen MR) is 57.9 cm³/mol. The molecule has 2 rings (SSSR count). The van der Waals surface area contributed by atoms with Crippen molar-refractivity contribution in [2.45, 2.75) is 13.0 Å². The third-order valence-electron chi connectivity index (χ3n) is 2.22. The van der Waals surface area contributed by atoms with Crippen LogP contribution in [0.4, 0.5) is 0 Å². The first-order chi connectivity index (χ1) is 7.86. The van der Waals surface area contributed by atoms with Gasteiger partial charge < -0.3 is 14.3 Å². The lowest BCUT2D eigenvalue weighted by atomic mass is 10.3. The third kappa shape index (κ3) is 2.73. The maximum atomic E-state index is 11.5. The molecule has 0 aromatic carbocycles. The minimum atomic E-state index is -0.0978. The molecule has 0 atom stereocenters.